The largest absolute Gasteiger partial charge is 0.481 e. The number of methoxy groups -OCH3 is 2. The zero-order chi connectivity index (χ0) is 16.2. The molecule has 0 saturated carbocycles. The molecule has 0 radical (unpaired) electrons. The number of aromatic nitrogens is 3. The van der Waals surface area contributed by atoms with Gasteiger partial charge in [-0.15, -0.1) is 0 Å². The van der Waals surface area contributed by atoms with Crippen molar-refractivity contribution in [1.82, 2.24) is 15.0 Å². The van der Waals surface area contributed by atoms with Gasteiger partial charge in [0.1, 0.15) is 12.1 Å². The third-order valence-electron chi connectivity index (χ3n) is 3.62. The van der Waals surface area contributed by atoms with E-state index in [1.807, 2.05) is 4.90 Å². The van der Waals surface area contributed by atoms with Crippen molar-refractivity contribution in [2.24, 2.45) is 0 Å². The molecule has 1 fully saturated rings. The number of hydrogen-bond acceptors (Lipinski definition) is 7. The lowest BCUT2D eigenvalue weighted by molar-refractivity contribution is -0.117. The highest BCUT2D eigenvalue weighted by Gasteiger charge is 2.26. The summed E-state index contributed by atoms with van der Waals surface area (Å²) in [5, 5.41) is 0. The molecule has 23 heavy (non-hydrogen) atoms. The van der Waals surface area contributed by atoms with E-state index in [1.165, 1.54) is 6.33 Å². The molecule has 0 atom stereocenters. The van der Waals surface area contributed by atoms with Crippen LogP contribution in [0.15, 0.2) is 30.7 Å². The number of piperazine rings is 1. The maximum Gasteiger partial charge on any atom is 0.246 e. The number of ether oxygens (including phenoxy) is 2. The van der Waals surface area contributed by atoms with Gasteiger partial charge in [0, 0.05) is 31.4 Å². The summed E-state index contributed by atoms with van der Waals surface area (Å²) in [6, 6.07) is 5.27. The number of amides is 1. The van der Waals surface area contributed by atoms with Gasteiger partial charge in [-0.05, 0) is 6.07 Å². The Kier molecular flexibility index (Phi) is 4.22. The monoisotopic (exact) mass is 315 g/mol. The van der Waals surface area contributed by atoms with Crippen LogP contribution in [0, 0.1) is 0 Å². The SMILES string of the molecule is COc1cc(N2CCN(c3cc(OC)ncn3)CC2=O)ccn1. The molecule has 1 amide bonds. The molecule has 120 valence electrons. The number of rotatable bonds is 4. The molecule has 3 heterocycles. The summed E-state index contributed by atoms with van der Waals surface area (Å²) in [6.07, 6.45) is 3.06. The Morgan fingerprint density at radius 1 is 1.04 bits per heavy atom. The molecule has 2 aromatic rings. The Hall–Kier alpha value is -2.90. The summed E-state index contributed by atoms with van der Waals surface area (Å²) in [4.78, 5) is 28.3. The zero-order valence-electron chi connectivity index (χ0n) is 13.0. The van der Waals surface area contributed by atoms with Gasteiger partial charge in [0.15, 0.2) is 0 Å². The van der Waals surface area contributed by atoms with Crippen LogP contribution in [0.1, 0.15) is 0 Å². The van der Waals surface area contributed by atoms with E-state index in [9.17, 15) is 4.79 Å². The quantitative estimate of drug-likeness (QED) is 0.823. The molecule has 0 bridgehead atoms. The van der Waals surface area contributed by atoms with Gasteiger partial charge in [0.05, 0.1) is 26.5 Å². The van der Waals surface area contributed by atoms with Crippen LogP contribution in [0.3, 0.4) is 0 Å². The summed E-state index contributed by atoms with van der Waals surface area (Å²) in [6.45, 7) is 1.46. The van der Waals surface area contributed by atoms with Gasteiger partial charge in [-0.1, -0.05) is 0 Å². The van der Waals surface area contributed by atoms with Crippen LogP contribution >= 0.6 is 0 Å². The van der Waals surface area contributed by atoms with Crippen molar-refractivity contribution < 1.29 is 14.3 Å². The third-order valence-corrected chi connectivity index (χ3v) is 3.62. The standard InChI is InChI=1S/C15H17N5O3/c1-22-13-7-11(3-4-16-13)20-6-5-19(9-15(20)21)12-8-14(23-2)18-10-17-12/h3-4,7-8,10H,5-6,9H2,1-2H3. The number of carbonyl (C=O) groups excluding carboxylic acids is 1. The van der Waals surface area contributed by atoms with Crippen LogP contribution in [-0.2, 0) is 4.79 Å². The summed E-state index contributed by atoms with van der Waals surface area (Å²) >= 11 is 0. The zero-order valence-corrected chi connectivity index (χ0v) is 13.0. The van der Waals surface area contributed by atoms with Crippen LogP contribution < -0.4 is 19.3 Å². The Bertz CT molecular complexity index is 709. The molecular weight excluding hydrogens is 298 g/mol. The van der Waals surface area contributed by atoms with E-state index in [-0.39, 0.29) is 12.5 Å². The highest BCUT2D eigenvalue weighted by Crippen LogP contribution is 2.23. The molecule has 3 rings (SSSR count). The Balaban J connectivity index is 1.75. The van der Waals surface area contributed by atoms with E-state index in [2.05, 4.69) is 15.0 Å². The fourth-order valence-corrected chi connectivity index (χ4v) is 2.43. The maximum atomic E-state index is 12.5. The first kappa shape index (κ1) is 15.0. The second-order valence-corrected chi connectivity index (χ2v) is 4.94. The lowest BCUT2D eigenvalue weighted by Gasteiger charge is -2.34. The first-order valence-corrected chi connectivity index (χ1v) is 7.12. The molecule has 0 unspecified atom stereocenters. The van der Waals surface area contributed by atoms with E-state index in [4.69, 9.17) is 9.47 Å². The van der Waals surface area contributed by atoms with Gasteiger partial charge < -0.3 is 19.3 Å². The van der Waals surface area contributed by atoms with Gasteiger partial charge in [-0.25, -0.2) is 15.0 Å². The van der Waals surface area contributed by atoms with Crippen molar-refractivity contribution in [3.8, 4) is 11.8 Å². The van der Waals surface area contributed by atoms with E-state index in [0.29, 0.717) is 30.7 Å². The van der Waals surface area contributed by atoms with E-state index < -0.39 is 0 Å². The molecule has 1 aliphatic rings. The van der Waals surface area contributed by atoms with E-state index in [1.54, 1.807) is 43.5 Å². The molecular formula is C15H17N5O3. The van der Waals surface area contributed by atoms with Crippen molar-refractivity contribution in [2.75, 3.05) is 43.7 Å². The maximum absolute atomic E-state index is 12.5. The van der Waals surface area contributed by atoms with Crippen molar-refractivity contribution in [3.63, 3.8) is 0 Å². The minimum atomic E-state index is -0.0120. The van der Waals surface area contributed by atoms with Crippen LogP contribution in [0.25, 0.3) is 0 Å². The average molecular weight is 315 g/mol. The Labute approximate surface area is 133 Å². The molecule has 0 N–H and O–H groups in total. The minimum Gasteiger partial charge on any atom is -0.481 e. The first-order chi connectivity index (χ1) is 11.2. The van der Waals surface area contributed by atoms with Gasteiger partial charge in [0.25, 0.3) is 0 Å². The van der Waals surface area contributed by atoms with Gasteiger partial charge >= 0.3 is 0 Å². The molecule has 8 nitrogen and oxygen atoms in total. The fraction of sp³-hybridized carbons (Fsp3) is 0.333. The first-order valence-electron chi connectivity index (χ1n) is 7.12. The van der Waals surface area contributed by atoms with Crippen molar-refractivity contribution in [1.29, 1.82) is 0 Å². The summed E-state index contributed by atoms with van der Waals surface area (Å²) < 4.78 is 10.2. The summed E-state index contributed by atoms with van der Waals surface area (Å²) in [5.74, 6) is 1.63. The molecule has 0 aromatic carbocycles. The molecule has 8 heteroatoms. The van der Waals surface area contributed by atoms with Crippen LogP contribution in [0.2, 0.25) is 0 Å². The van der Waals surface area contributed by atoms with E-state index in [0.717, 1.165) is 5.69 Å². The minimum absolute atomic E-state index is 0.0120. The molecule has 1 saturated heterocycles. The average Bonchev–Trinajstić information content (AvgIpc) is 2.61. The molecule has 2 aromatic heterocycles. The smallest absolute Gasteiger partial charge is 0.246 e. The normalized spacial score (nSPS) is 14.8. The summed E-state index contributed by atoms with van der Waals surface area (Å²) in [7, 11) is 3.10. The fourth-order valence-electron chi connectivity index (χ4n) is 2.43. The highest BCUT2D eigenvalue weighted by molar-refractivity contribution is 5.97. The number of pyridine rings is 1. The Morgan fingerprint density at radius 3 is 2.57 bits per heavy atom. The predicted octanol–water partition coefficient (Wildman–Crippen LogP) is 0.742. The van der Waals surface area contributed by atoms with E-state index >= 15 is 0 Å². The van der Waals surface area contributed by atoms with Crippen molar-refractivity contribution in [3.05, 3.63) is 30.7 Å². The lowest BCUT2D eigenvalue weighted by atomic mass is 10.2. The molecule has 0 spiro atoms. The predicted molar refractivity (Wildman–Crippen MR) is 83.9 cm³/mol. The lowest BCUT2D eigenvalue weighted by Crippen LogP contribution is -2.51. The van der Waals surface area contributed by atoms with Crippen LogP contribution in [0.4, 0.5) is 11.5 Å². The van der Waals surface area contributed by atoms with Crippen LogP contribution in [0.5, 0.6) is 11.8 Å². The van der Waals surface area contributed by atoms with Gasteiger partial charge in [-0.3, -0.25) is 4.79 Å². The Morgan fingerprint density at radius 2 is 1.83 bits per heavy atom. The molecule has 0 aliphatic carbocycles. The molecule has 1 aliphatic heterocycles. The van der Waals surface area contributed by atoms with Crippen molar-refractivity contribution >= 4 is 17.4 Å². The summed E-state index contributed by atoms with van der Waals surface area (Å²) in [5.41, 5.74) is 0.779. The van der Waals surface area contributed by atoms with Crippen molar-refractivity contribution in [2.45, 2.75) is 0 Å². The second-order valence-electron chi connectivity index (χ2n) is 4.94. The number of anilines is 2. The van der Waals surface area contributed by atoms with Gasteiger partial charge in [-0.2, -0.15) is 0 Å². The van der Waals surface area contributed by atoms with Crippen LogP contribution in [-0.4, -0.2) is 54.7 Å². The number of nitrogens with zero attached hydrogens (tertiary/aromatic N) is 5. The number of carbonyl (C=O) groups is 1. The number of hydrogen-bond donors (Lipinski definition) is 0. The third kappa shape index (κ3) is 3.15. The van der Waals surface area contributed by atoms with Gasteiger partial charge in [0.2, 0.25) is 17.7 Å². The second kappa shape index (κ2) is 6.47. The highest BCUT2D eigenvalue weighted by atomic mass is 16.5. The topological polar surface area (TPSA) is 80.7 Å².